The van der Waals surface area contributed by atoms with E-state index in [2.05, 4.69) is 26.1 Å². The Labute approximate surface area is 159 Å². The Morgan fingerprint density at radius 1 is 1.12 bits per heavy atom. The van der Waals surface area contributed by atoms with Crippen molar-refractivity contribution in [2.75, 3.05) is 18.4 Å². The third-order valence-electron chi connectivity index (χ3n) is 5.03. The van der Waals surface area contributed by atoms with Crippen molar-refractivity contribution in [1.29, 1.82) is 0 Å². The van der Waals surface area contributed by atoms with Crippen LogP contribution in [0.1, 0.15) is 65.8 Å². The molecule has 3 rings (SSSR count). The lowest BCUT2D eigenvalue weighted by atomic mass is 9.99. The number of carbonyl (C=O) groups excluding carboxylic acids is 2. The molecule has 0 spiro atoms. The van der Waals surface area contributed by atoms with Gasteiger partial charge in [0.15, 0.2) is 0 Å². The van der Waals surface area contributed by atoms with Gasteiger partial charge in [0.05, 0.1) is 5.56 Å². The van der Waals surface area contributed by atoms with E-state index < -0.39 is 0 Å². The Bertz CT molecular complexity index is 772. The highest BCUT2D eigenvalue weighted by molar-refractivity contribution is 7.14. The summed E-state index contributed by atoms with van der Waals surface area (Å²) in [7, 11) is 0. The van der Waals surface area contributed by atoms with E-state index in [0.29, 0.717) is 28.0 Å². The summed E-state index contributed by atoms with van der Waals surface area (Å²) >= 11 is 1.39. The molecule has 1 N–H and O–H groups in total. The molecule has 1 aliphatic rings. The minimum atomic E-state index is -0.177. The third-order valence-corrected chi connectivity index (χ3v) is 5.86. The molecule has 1 aromatic heterocycles. The normalized spacial score (nSPS) is 15.3. The molecule has 4 nitrogen and oxygen atoms in total. The Morgan fingerprint density at radius 3 is 2.38 bits per heavy atom. The molecule has 0 unspecified atom stereocenters. The van der Waals surface area contributed by atoms with Gasteiger partial charge in [0.2, 0.25) is 0 Å². The first kappa shape index (κ1) is 18.6. The van der Waals surface area contributed by atoms with Crippen LogP contribution in [0, 0.1) is 5.92 Å². The summed E-state index contributed by atoms with van der Waals surface area (Å²) in [5.74, 6) is 0.947. The van der Waals surface area contributed by atoms with Gasteiger partial charge in [-0.2, -0.15) is 0 Å². The summed E-state index contributed by atoms with van der Waals surface area (Å²) in [6.45, 7) is 8.06. The Morgan fingerprint density at radius 2 is 1.77 bits per heavy atom. The predicted octanol–water partition coefficient (Wildman–Crippen LogP) is 5.00. The largest absolute Gasteiger partial charge is 0.339 e. The molecule has 1 fully saturated rings. The smallest absolute Gasteiger partial charge is 0.256 e. The van der Waals surface area contributed by atoms with Gasteiger partial charge in [0.25, 0.3) is 11.8 Å². The van der Waals surface area contributed by atoms with Gasteiger partial charge in [-0.3, -0.25) is 9.59 Å². The second-order valence-corrected chi connectivity index (χ2v) is 8.29. The fourth-order valence-electron chi connectivity index (χ4n) is 3.15. The lowest BCUT2D eigenvalue weighted by Crippen LogP contribution is -2.38. The first-order valence-corrected chi connectivity index (χ1v) is 10.1. The van der Waals surface area contributed by atoms with Crippen molar-refractivity contribution in [3.8, 4) is 0 Å². The van der Waals surface area contributed by atoms with E-state index >= 15 is 0 Å². The maximum atomic E-state index is 12.8. The van der Waals surface area contributed by atoms with Crippen molar-refractivity contribution < 1.29 is 9.59 Å². The van der Waals surface area contributed by atoms with E-state index in [0.717, 1.165) is 25.9 Å². The van der Waals surface area contributed by atoms with Crippen LogP contribution in [0.4, 0.5) is 5.00 Å². The lowest BCUT2D eigenvalue weighted by molar-refractivity contribution is 0.0699. The summed E-state index contributed by atoms with van der Waals surface area (Å²) in [4.78, 5) is 27.3. The van der Waals surface area contributed by atoms with Crippen LogP contribution < -0.4 is 5.32 Å². The average Bonchev–Trinajstić information content (AvgIpc) is 3.10. The molecule has 5 heteroatoms. The minimum absolute atomic E-state index is 0.0172. The van der Waals surface area contributed by atoms with Crippen LogP contribution in [0.2, 0.25) is 0 Å². The van der Waals surface area contributed by atoms with Crippen molar-refractivity contribution >= 4 is 28.2 Å². The van der Waals surface area contributed by atoms with Crippen LogP contribution in [0.25, 0.3) is 0 Å². The van der Waals surface area contributed by atoms with Gasteiger partial charge in [-0.1, -0.05) is 32.9 Å². The predicted molar refractivity (Wildman–Crippen MR) is 107 cm³/mol. The van der Waals surface area contributed by atoms with Gasteiger partial charge >= 0.3 is 0 Å². The number of amides is 2. The molecule has 0 atom stereocenters. The van der Waals surface area contributed by atoms with Crippen molar-refractivity contribution in [2.24, 2.45) is 5.92 Å². The van der Waals surface area contributed by atoms with Crippen molar-refractivity contribution in [3.05, 3.63) is 52.4 Å². The van der Waals surface area contributed by atoms with E-state index in [1.165, 1.54) is 16.9 Å². The van der Waals surface area contributed by atoms with Gasteiger partial charge < -0.3 is 10.2 Å². The molecule has 2 aromatic rings. The number of hydrogen-bond donors (Lipinski definition) is 1. The average molecular weight is 371 g/mol. The summed E-state index contributed by atoms with van der Waals surface area (Å²) in [6, 6.07) is 9.45. The minimum Gasteiger partial charge on any atom is -0.339 e. The topological polar surface area (TPSA) is 49.4 Å². The molecule has 2 heterocycles. The summed E-state index contributed by atoms with van der Waals surface area (Å²) < 4.78 is 0. The quantitative estimate of drug-likeness (QED) is 0.824. The maximum absolute atomic E-state index is 12.8. The molecule has 1 aliphatic heterocycles. The monoisotopic (exact) mass is 370 g/mol. The third kappa shape index (κ3) is 4.15. The van der Waals surface area contributed by atoms with Gasteiger partial charge in [0.1, 0.15) is 5.00 Å². The molecule has 2 amide bonds. The number of piperidine rings is 1. The van der Waals surface area contributed by atoms with Crippen LogP contribution in [-0.2, 0) is 0 Å². The van der Waals surface area contributed by atoms with Gasteiger partial charge in [-0.25, -0.2) is 0 Å². The maximum Gasteiger partial charge on any atom is 0.256 e. The van der Waals surface area contributed by atoms with Crippen LogP contribution in [0.15, 0.2) is 35.7 Å². The van der Waals surface area contributed by atoms with E-state index in [1.807, 2.05) is 40.6 Å². The number of anilines is 1. The van der Waals surface area contributed by atoms with E-state index in [4.69, 9.17) is 0 Å². The number of nitrogens with one attached hydrogen (secondary N) is 1. The summed E-state index contributed by atoms with van der Waals surface area (Å²) in [5.41, 5.74) is 2.40. The van der Waals surface area contributed by atoms with Crippen LogP contribution >= 0.6 is 11.3 Å². The SMILES string of the molecule is CC1CCN(C(=O)c2ccsc2NC(=O)c2ccc(C(C)C)cc2)CC1. The van der Waals surface area contributed by atoms with Gasteiger partial charge in [-0.05, 0) is 53.8 Å². The van der Waals surface area contributed by atoms with Crippen LogP contribution in [-0.4, -0.2) is 29.8 Å². The first-order chi connectivity index (χ1) is 12.5. The number of hydrogen-bond acceptors (Lipinski definition) is 3. The van der Waals surface area contributed by atoms with Gasteiger partial charge in [0, 0.05) is 18.7 Å². The molecule has 1 aromatic carbocycles. The molecule has 0 saturated carbocycles. The molecule has 0 bridgehead atoms. The molecule has 138 valence electrons. The number of thiophene rings is 1. The Balaban J connectivity index is 1.70. The van der Waals surface area contributed by atoms with Gasteiger partial charge in [-0.15, -0.1) is 11.3 Å². The number of carbonyl (C=O) groups is 2. The van der Waals surface area contributed by atoms with Crippen molar-refractivity contribution in [2.45, 2.75) is 39.5 Å². The molecular weight excluding hydrogens is 344 g/mol. The van der Waals surface area contributed by atoms with E-state index in [-0.39, 0.29) is 11.8 Å². The molecule has 0 radical (unpaired) electrons. The number of nitrogens with zero attached hydrogens (tertiary/aromatic N) is 1. The van der Waals surface area contributed by atoms with Crippen LogP contribution in [0.5, 0.6) is 0 Å². The highest BCUT2D eigenvalue weighted by atomic mass is 32.1. The van der Waals surface area contributed by atoms with E-state index in [1.54, 1.807) is 0 Å². The standard InChI is InChI=1S/C21H26N2O2S/c1-14(2)16-4-6-17(7-5-16)19(24)22-20-18(10-13-26-20)21(25)23-11-8-15(3)9-12-23/h4-7,10,13-15H,8-9,11-12H2,1-3H3,(H,22,24). The molecular formula is C21H26N2O2S. The highest BCUT2D eigenvalue weighted by Gasteiger charge is 2.24. The molecule has 1 saturated heterocycles. The Hall–Kier alpha value is -2.14. The fraction of sp³-hybridized carbons (Fsp3) is 0.429. The Kier molecular flexibility index (Phi) is 5.77. The van der Waals surface area contributed by atoms with Crippen LogP contribution in [0.3, 0.4) is 0 Å². The second kappa shape index (κ2) is 8.04. The number of rotatable bonds is 4. The summed E-state index contributed by atoms with van der Waals surface area (Å²) in [5, 5.41) is 5.41. The molecule has 0 aliphatic carbocycles. The van der Waals surface area contributed by atoms with Crippen molar-refractivity contribution in [1.82, 2.24) is 4.90 Å². The zero-order chi connectivity index (χ0) is 18.7. The second-order valence-electron chi connectivity index (χ2n) is 7.37. The highest BCUT2D eigenvalue weighted by Crippen LogP contribution is 2.27. The van der Waals surface area contributed by atoms with Crippen molar-refractivity contribution in [3.63, 3.8) is 0 Å². The number of benzene rings is 1. The zero-order valence-corrected chi connectivity index (χ0v) is 16.4. The summed E-state index contributed by atoms with van der Waals surface area (Å²) in [6.07, 6.45) is 2.08. The lowest BCUT2D eigenvalue weighted by Gasteiger charge is -2.30. The molecule has 26 heavy (non-hydrogen) atoms. The fourth-order valence-corrected chi connectivity index (χ4v) is 3.93. The number of likely N-dealkylation sites (tertiary alicyclic amines) is 1. The zero-order valence-electron chi connectivity index (χ0n) is 15.6. The first-order valence-electron chi connectivity index (χ1n) is 9.23. The van der Waals surface area contributed by atoms with E-state index in [9.17, 15) is 9.59 Å².